The van der Waals surface area contributed by atoms with Crippen LogP contribution in [0.4, 0.5) is 0 Å². The number of methoxy groups -OCH3 is 1. The maximum atomic E-state index is 6.26. The standard InChI is InChI=1S/C16H25ClN2O2/c1-4-13-10-21-11(2)9-19(13)15(8-18)12-5-6-16(20-3)14(17)7-12/h5-7,11,13,15H,4,8-10,18H2,1-3H3. The fraction of sp³-hybridized carbons (Fsp3) is 0.625. The van der Waals surface area contributed by atoms with E-state index in [1.54, 1.807) is 7.11 Å². The lowest BCUT2D eigenvalue weighted by Crippen LogP contribution is -2.51. The highest BCUT2D eigenvalue weighted by Gasteiger charge is 2.31. The Balaban J connectivity index is 2.26. The summed E-state index contributed by atoms with van der Waals surface area (Å²) >= 11 is 6.26. The van der Waals surface area contributed by atoms with Gasteiger partial charge in [0, 0.05) is 25.2 Å². The summed E-state index contributed by atoms with van der Waals surface area (Å²) in [6.07, 6.45) is 1.28. The van der Waals surface area contributed by atoms with E-state index in [-0.39, 0.29) is 12.1 Å². The van der Waals surface area contributed by atoms with Crippen molar-refractivity contribution < 1.29 is 9.47 Å². The summed E-state index contributed by atoms with van der Waals surface area (Å²) in [6, 6.07) is 6.48. The van der Waals surface area contributed by atoms with Gasteiger partial charge in [-0.25, -0.2) is 0 Å². The van der Waals surface area contributed by atoms with Crippen LogP contribution in [0.5, 0.6) is 5.75 Å². The SMILES string of the molecule is CCC1COC(C)CN1C(CN)c1ccc(OC)c(Cl)c1. The van der Waals surface area contributed by atoms with Crippen LogP contribution in [-0.2, 0) is 4.74 Å². The molecule has 1 aromatic rings. The van der Waals surface area contributed by atoms with Crippen LogP contribution in [-0.4, -0.2) is 43.9 Å². The molecule has 0 bridgehead atoms. The summed E-state index contributed by atoms with van der Waals surface area (Å²) in [4.78, 5) is 2.45. The molecule has 0 saturated carbocycles. The number of halogens is 1. The largest absolute Gasteiger partial charge is 0.495 e. The van der Waals surface area contributed by atoms with Crippen molar-refractivity contribution >= 4 is 11.6 Å². The summed E-state index contributed by atoms with van der Waals surface area (Å²) in [5, 5.41) is 0.628. The molecule has 2 N–H and O–H groups in total. The van der Waals surface area contributed by atoms with Crippen LogP contribution >= 0.6 is 11.6 Å². The van der Waals surface area contributed by atoms with Crippen LogP contribution in [0.25, 0.3) is 0 Å². The van der Waals surface area contributed by atoms with Crippen LogP contribution in [0.3, 0.4) is 0 Å². The number of morpholine rings is 1. The first kappa shape index (κ1) is 16.6. The predicted octanol–water partition coefficient (Wildman–Crippen LogP) is 2.85. The van der Waals surface area contributed by atoms with Gasteiger partial charge >= 0.3 is 0 Å². The lowest BCUT2D eigenvalue weighted by molar-refractivity contribution is -0.0719. The fourth-order valence-corrected chi connectivity index (χ4v) is 3.22. The Morgan fingerprint density at radius 3 is 2.86 bits per heavy atom. The fourth-order valence-electron chi connectivity index (χ4n) is 2.96. The molecule has 1 aliphatic rings. The van der Waals surface area contributed by atoms with E-state index in [0.29, 0.717) is 23.4 Å². The summed E-state index contributed by atoms with van der Waals surface area (Å²) in [7, 11) is 1.62. The van der Waals surface area contributed by atoms with Gasteiger partial charge in [0.1, 0.15) is 5.75 Å². The normalized spacial score (nSPS) is 24.8. The average molecular weight is 313 g/mol. The number of nitrogens with zero attached hydrogens (tertiary/aromatic N) is 1. The van der Waals surface area contributed by atoms with Crippen molar-refractivity contribution in [2.24, 2.45) is 5.73 Å². The monoisotopic (exact) mass is 312 g/mol. The molecular formula is C16H25ClN2O2. The third-order valence-electron chi connectivity index (χ3n) is 4.17. The Kier molecular flexibility index (Phi) is 5.88. The Morgan fingerprint density at radius 1 is 1.52 bits per heavy atom. The summed E-state index contributed by atoms with van der Waals surface area (Å²) < 4.78 is 11.0. The van der Waals surface area contributed by atoms with E-state index in [2.05, 4.69) is 24.8 Å². The van der Waals surface area contributed by atoms with Crippen LogP contribution in [0.2, 0.25) is 5.02 Å². The van der Waals surface area contributed by atoms with Gasteiger partial charge < -0.3 is 15.2 Å². The zero-order valence-electron chi connectivity index (χ0n) is 13.0. The molecule has 1 saturated heterocycles. The molecule has 3 atom stereocenters. The van der Waals surface area contributed by atoms with Gasteiger partial charge in [-0.2, -0.15) is 0 Å². The minimum absolute atomic E-state index is 0.157. The van der Waals surface area contributed by atoms with Crippen molar-refractivity contribution in [2.75, 3.05) is 26.8 Å². The molecule has 1 aromatic carbocycles. The molecule has 1 heterocycles. The molecule has 0 spiro atoms. The van der Waals surface area contributed by atoms with Crippen LogP contribution in [0.1, 0.15) is 31.9 Å². The zero-order chi connectivity index (χ0) is 15.4. The molecule has 5 heteroatoms. The first-order chi connectivity index (χ1) is 10.1. The number of rotatable bonds is 5. The molecule has 2 rings (SSSR count). The molecule has 3 unspecified atom stereocenters. The number of benzene rings is 1. The number of nitrogens with two attached hydrogens (primary N) is 1. The lowest BCUT2D eigenvalue weighted by atomic mass is 10.0. The van der Waals surface area contributed by atoms with Gasteiger partial charge in [-0.05, 0) is 31.0 Å². The molecular weight excluding hydrogens is 288 g/mol. The van der Waals surface area contributed by atoms with Gasteiger partial charge in [0.15, 0.2) is 0 Å². The van der Waals surface area contributed by atoms with E-state index >= 15 is 0 Å². The first-order valence-electron chi connectivity index (χ1n) is 7.51. The molecule has 1 fully saturated rings. The van der Waals surface area contributed by atoms with Crippen LogP contribution in [0, 0.1) is 0 Å². The molecule has 118 valence electrons. The minimum atomic E-state index is 0.157. The van der Waals surface area contributed by atoms with Gasteiger partial charge in [-0.1, -0.05) is 24.6 Å². The highest BCUT2D eigenvalue weighted by atomic mass is 35.5. The van der Waals surface area contributed by atoms with Gasteiger partial charge in [-0.15, -0.1) is 0 Å². The molecule has 0 aliphatic carbocycles. The molecule has 21 heavy (non-hydrogen) atoms. The van der Waals surface area contributed by atoms with Gasteiger partial charge in [0.25, 0.3) is 0 Å². The highest BCUT2D eigenvalue weighted by molar-refractivity contribution is 6.32. The van der Waals surface area contributed by atoms with Crippen LogP contribution in [0.15, 0.2) is 18.2 Å². The van der Waals surface area contributed by atoms with Crippen molar-refractivity contribution in [3.05, 3.63) is 28.8 Å². The third kappa shape index (κ3) is 3.69. The summed E-state index contributed by atoms with van der Waals surface area (Å²) in [5.41, 5.74) is 7.20. The highest BCUT2D eigenvalue weighted by Crippen LogP contribution is 2.32. The summed E-state index contributed by atoms with van der Waals surface area (Å²) in [5.74, 6) is 0.693. The van der Waals surface area contributed by atoms with Crippen LogP contribution < -0.4 is 10.5 Å². The topological polar surface area (TPSA) is 47.7 Å². The zero-order valence-corrected chi connectivity index (χ0v) is 13.8. The predicted molar refractivity (Wildman–Crippen MR) is 86.0 cm³/mol. The maximum Gasteiger partial charge on any atom is 0.137 e. The Labute approximate surface area is 132 Å². The Hall–Kier alpha value is -0.810. The second kappa shape index (κ2) is 7.45. The number of hydrogen-bond donors (Lipinski definition) is 1. The Morgan fingerprint density at radius 2 is 2.29 bits per heavy atom. The van der Waals surface area contributed by atoms with E-state index in [1.165, 1.54) is 0 Å². The first-order valence-corrected chi connectivity index (χ1v) is 7.89. The van der Waals surface area contributed by atoms with Crippen molar-refractivity contribution in [1.29, 1.82) is 0 Å². The van der Waals surface area contributed by atoms with Gasteiger partial charge in [0.05, 0.1) is 24.8 Å². The van der Waals surface area contributed by atoms with Crippen molar-refractivity contribution in [2.45, 2.75) is 38.5 Å². The second-order valence-corrected chi connectivity index (χ2v) is 5.96. The van der Waals surface area contributed by atoms with Crippen molar-refractivity contribution in [3.63, 3.8) is 0 Å². The van der Waals surface area contributed by atoms with Crippen molar-refractivity contribution in [1.82, 2.24) is 4.90 Å². The number of ether oxygens (including phenoxy) is 2. The van der Waals surface area contributed by atoms with Gasteiger partial charge in [0.2, 0.25) is 0 Å². The average Bonchev–Trinajstić information content (AvgIpc) is 2.48. The molecule has 4 nitrogen and oxygen atoms in total. The van der Waals surface area contributed by atoms with Crippen molar-refractivity contribution in [3.8, 4) is 5.75 Å². The minimum Gasteiger partial charge on any atom is -0.495 e. The van der Waals surface area contributed by atoms with E-state index < -0.39 is 0 Å². The third-order valence-corrected chi connectivity index (χ3v) is 4.46. The Bertz CT molecular complexity index is 470. The van der Waals surface area contributed by atoms with E-state index in [1.807, 2.05) is 12.1 Å². The maximum absolute atomic E-state index is 6.26. The quantitative estimate of drug-likeness (QED) is 0.908. The molecule has 0 amide bonds. The molecule has 1 aliphatic heterocycles. The molecule has 0 aromatic heterocycles. The second-order valence-electron chi connectivity index (χ2n) is 5.55. The van der Waals surface area contributed by atoms with E-state index in [0.717, 1.165) is 25.1 Å². The summed E-state index contributed by atoms with van der Waals surface area (Å²) in [6.45, 7) is 6.51. The van der Waals surface area contributed by atoms with E-state index in [9.17, 15) is 0 Å². The lowest BCUT2D eigenvalue weighted by Gasteiger charge is -2.43. The van der Waals surface area contributed by atoms with E-state index in [4.69, 9.17) is 26.8 Å². The molecule has 0 radical (unpaired) electrons. The smallest absolute Gasteiger partial charge is 0.137 e. The number of hydrogen-bond acceptors (Lipinski definition) is 4. The van der Waals surface area contributed by atoms with Gasteiger partial charge in [-0.3, -0.25) is 4.90 Å².